The van der Waals surface area contributed by atoms with Crippen LogP contribution in [0.1, 0.15) is 22.0 Å². The van der Waals surface area contributed by atoms with Crippen molar-refractivity contribution in [3.8, 4) is 0 Å². The molecule has 1 amide bonds. The SMILES string of the molecule is COCCNc1ccc(C(=O)NCC(c2ccc(Cl)cc2)N2CCOCC2)cc1[N+](=O)[O-]. The lowest BCUT2D eigenvalue weighted by atomic mass is 10.0. The van der Waals surface area contributed by atoms with Gasteiger partial charge in [-0.2, -0.15) is 0 Å². The summed E-state index contributed by atoms with van der Waals surface area (Å²) in [6.07, 6.45) is 0. The first-order valence-corrected chi connectivity index (χ1v) is 10.7. The molecular weight excluding hydrogens is 436 g/mol. The normalized spacial score (nSPS) is 15.2. The van der Waals surface area contributed by atoms with Crippen molar-refractivity contribution >= 4 is 28.9 Å². The number of methoxy groups -OCH3 is 1. The molecule has 3 rings (SSSR count). The van der Waals surface area contributed by atoms with E-state index in [1.807, 2.05) is 24.3 Å². The second-order valence-electron chi connectivity index (χ2n) is 7.33. The zero-order valence-electron chi connectivity index (χ0n) is 17.9. The number of nitrogens with one attached hydrogen (secondary N) is 2. The number of rotatable bonds is 10. The third-order valence-corrected chi connectivity index (χ3v) is 5.53. The lowest BCUT2D eigenvalue weighted by Gasteiger charge is -2.35. The maximum absolute atomic E-state index is 12.8. The fraction of sp³-hybridized carbons (Fsp3) is 0.409. The highest BCUT2D eigenvalue weighted by Gasteiger charge is 2.24. The third-order valence-electron chi connectivity index (χ3n) is 5.28. The zero-order chi connectivity index (χ0) is 22.9. The molecule has 172 valence electrons. The van der Waals surface area contributed by atoms with Crippen LogP contribution in [0.5, 0.6) is 0 Å². The Kier molecular flexibility index (Phi) is 8.81. The highest BCUT2D eigenvalue weighted by atomic mass is 35.5. The fourth-order valence-corrected chi connectivity index (χ4v) is 3.71. The van der Waals surface area contributed by atoms with Gasteiger partial charge in [-0.3, -0.25) is 19.8 Å². The summed E-state index contributed by atoms with van der Waals surface area (Å²) in [6, 6.07) is 11.9. The second kappa shape index (κ2) is 11.8. The van der Waals surface area contributed by atoms with Gasteiger partial charge in [-0.25, -0.2) is 0 Å². The average Bonchev–Trinajstić information content (AvgIpc) is 2.81. The number of anilines is 1. The zero-order valence-corrected chi connectivity index (χ0v) is 18.6. The van der Waals surface area contributed by atoms with Gasteiger partial charge in [0.25, 0.3) is 11.6 Å². The van der Waals surface area contributed by atoms with Gasteiger partial charge < -0.3 is 20.1 Å². The summed E-state index contributed by atoms with van der Waals surface area (Å²) in [7, 11) is 1.55. The quantitative estimate of drug-likeness (QED) is 0.317. The van der Waals surface area contributed by atoms with Crippen LogP contribution in [0.3, 0.4) is 0 Å². The summed E-state index contributed by atoms with van der Waals surface area (Å²) >= 11 is 6.03. The standard InChI is InChI=1S/C22H27ClN4O5/c1-31-11-8-24-19-7-4-17(14-20(19)27(29)30)22(28)25-15-21(26-9-12-32-13-10-26)16-2-5-18(23)6-3-16/h2-7,14,21,24H,8-13,15H2,1H3,(H,25,28). The van der Waals surface area contributed by atoms with Crippen molar-refractivity contribution in [2.24, 2.45) is 0 Å². The minimum atomic E-state index is -0.504. The number of carbonyl (C=O) groups is 1. The van der Waals surface area contributed by atoms with Crippen molar-refractivity contribution in [1.82, 2.24) is 10.2 Å². The molecule has 32 heavy (non-hydrogen) atoms. The molecule has 0 aliphatic carbocycles. The van der Waals surface area contributed by atoms with Gasteiger partial charge in [-0.05, 0) is 29.8 Å². The van der Waals surface area contributed by atoms with Crippen LogP contribution in [-0.4, -0.2) is 68.8 Å². The number of morpholine rings is 1. The van der Waals surface area contributed by atoms with E-state index in [0.717, 1.165) is 18.7 Å². The van der Waals surface area contributed by atoms with Gasteiger partial charge >= 0.3 is 0 Å². The minimum Gasteiger partial charge on any atom is -0.383 e. The molecule has 1 atom stereocenters. The van der Waals surface area contributed by atoms with E-state index < -0.39 is 4.92 Å². The molecule has 0 bridgehead atoms. The van der Waals surface area contributed by atoms with E-state index in [9.17, 15) is 14.9 Å². The van der Waals surface area contributed by atoms with Crippen molar-refractivity contribution < 1.29 is 19.2 Å². The number of halogens is 1. The summed E-state index contributed by atoms with van der Waals surface area (Å²) in [6.45, 7) is 3.93. The number of carbonyl (C=O) groups excluding carboxylic acids is 1. The Morgan fingerprint density at radius 2 is 1.97 bits per heavy atom. The van der Waals surface area contributed by atoms with Crippen LogP contribution in [0.15, 0.2) is 42.5 Å². The maximum atomic E-state index is 12.8. The van der Waals surface area contributed by atoms with Crippen LogP contribution >= 0.6 is 11.6 Å². The summed E-state index contributed by atoms with van der Waals surface area (Å²) in [5.41, 5.74) is 1.44. The Balaban J connectivity index is 1.73. The van der Waals surface area contributed by atoms with E-state index in [2.05, 4.69) is 15.5 Å². The van der Waals surface area contributed by atoms with Crippen molar-refractivity contribution in [3.05, 3.63) is 68.7 Å². The number of benzene rings is 2. The van der Waals surface area contributed by atoms with Crippen LogP contribution in [0.25, 0.3) is 0 Å². The monoisotopic (exact) mass is 462 g/mol. The Morgan fingerprint density at radius 1 is 1.25 bits per heavy atom. The Hall–Kier alpha value is -2.72. The number of amides is 1. The summed E-state index contributed by atoms with van der Waals surface area (Å²) in [5.74, 6) is -0.372. The molecule has 2 aromatic rings. The summed E-state index contributed by atoms with van der Waals surface area (Å²) in [4.78, 5) is 26.1. The fourth-order valence-electron chi connectivity index (χ4n) is 3.58. The first-order valence-electron chi connectivity index (χ1n) is 10.4. The van der Waals surface area contributed by atoms with E-state index in [1.165, 1.54) is 6.07 Å². The first-order chi connectivity index (χ1) is 15.5. The number of nitro benzene ring substituents is 1. The number of hydrogen-bond acceptors (Lipinski definition) is 7. The van der Waals surface area contributed by atoms with E-state index >= 15 is 0 Å². The molecule has 9 nitrogen and oxygen atoms in total. The molecule has 0 spiro atoms. The lowest BCUT2D eigenvalue weighted by Crippen LogP contribution is -2.43. The molecule has 1 aliphatic rings. The number of nitro groups is 1. The van der Waals surface area contributed by atoms with Gasteiger partial charge in [0.15, 0.2) is 0 Å². The van der Waals surface area contributed by atoms with E-state index in [4.69, 9.17) is 21.1 Å². The van der Waals surface area contributed by atoms with Gasteiger partial charge in [0, 0.05) is 49.9 Å². The highest BCUT2D eigenvalue weighted by Crippen LogP contribution is 2.26. The molecule has 0 radical (unpaired) electrons. The van der Waals surface area contributed by atoms with Gasteiger partial charge in [0.2, 0.25) is 0 Å². The van der Waals surface area contributed by atoms with Crippen LogP contribution < -0.4 is 10.6 Å². The van der Waals surface area contributed by atoms with Gasteiger partial charge in [0.05, 0.1) is 30.8 Å². The molecule has 2 N–H and O–H groups in total. The molecule has 1 saturated heterocycles. The van der Waals surface area contributed by atoms with Crippen molar-refractivity contribution in [3.63, 3.8) is 0 Å². The molecule has 1 fully saturated rings. The van der Waals surface area contributed by atoms with E-state index in [1.54, 1.807) is 19.2 Å². The second-order valence-corrected chi connectivity index (χ2v) is 7.77. The van der Waals surface area contributed by atoms with Crippen LogP contribution in [0, 0.1) is 10.1 Å². The molecule has 1 aliphatic heterocycles. The molecule has 10 heteroatoms. The molecule has 2 aromatic carbocycles. The average molecular weight is 463 g/mol. The maximum Gasteiger partial charge on any atom is 0.293 e. The molecule has 0 saturated carbocycles. The minimum absolute atomic E-state index is 0.0647. The molecular formula is C22H27ClN4O5. The number of hydrogen-bond donors (Lipinski definition) is 2. The first kappa shape index (κ1) is 23.9. The summed E-state index contributed by atoms with van der Waals surface area (Å²) in [5, 5.41) is 18.0. The Bertz CT molecular complexity index is 919. The largest absolute Gasteiger partial charge is 0.383 e. The predicted molar refractivity (Wildman–Crippen MR) is 122 cm³/mol. The number of ether oxygens (including phenoxy) is 2. The third kappa shape index (κ3) is 6.39. The molecule has 1 heterocycles. The van der Waals surface area contributed by atoms with Gasteiger partial charge in [-0.15, -0.1) is 0 Å². The Labute approximate surface area is 191 Å². The topological polar surface area (TPSA) is 106 Å². The molecule has 0 aromatic heterocycles. The molecule has 1 unspecified atom stereocenters. The van der Waals surface area contributed by atoms with Gasteiger partial charge in [-0.1, -0.05) is 23.7 Å². The van der Waals surface area contributed by atoms with Crippen molar-refractivity contribution in [2.45, 2.75) is 6.04 Å². The smallest absolute Gasteiger partial charge is 0.293 e. The van der Waals surface area contributed by atoms with E-state index in [-0.39, 0.29) is 23.2 Å². The lowest BCUT2D eigenvalue weighted by molar-refractivity contribution is -0.384. The van der Waals surface area contributed by atoms with Crippen LogP contribution in [0.4, 0.5) is 11.4 Å². The van der Waals surface area contributed by atoms with E-state index in [0.29, 0.717) is 43.6 Å². The number of nitrogens with zero attached hydrogens (tertiary/aromatic N) is 2. The van der Waals surface area contributed by atoms with Crippen LogP contribution in [-0.2, 0) is 9.47 Å². The van der Waals surface area contributed by atoms with Crippen LogP contribution in [0.2, 0.25) is 5.02 Å². The highest BCUT2D eigenvalue weighted by molar-refractivity contribution is 6.30. The predicted octanol–water partition coefficient (Wildman–Crippen LogP) is 3.11. The Morgan fingerprint density at radius 3 is 2.62 bits per heavy atom. The summed E-state index contributed by atoms with van der Waals surface area (Å²) < 4.78 is 10.4. The van der Waals surface area contributed by atoms with Crippen molar-refractivity contribution in [1.29, 1.82) is 0 Å². The van der Waals surface area contributed by atoms with Crippen molar-refractivity contribution in [2.75, 3.05) is 58.4 Å². The van der Waals surface area contributed by atoms with Gasteiger partial charge in [0.1, 0.15) is 5.69 Å².